The molecule has 2 aromatic rings. The summed E-state index contributed by atoms with van der Waals surface area (Å²) in [6, 6.07) is 11.8. The molecule has 0 fully saturated rings. The molecule has 0 saturated heterocycles. The molecule has 0 heterocycles. The average Bonchev–Trinajstić information content (AvgIpc) is 2.49. The third-order valence-corrected chi connectivity index (χ3v) is 5.16. The Morgan fingerprint density at radius 2 is 1.75 bits per heavy atom. The van der Waals surface area contributed by atoms with Crippen molar-refractivity contribution in [1.82, 2.24) is 0 Å². The fourth-order valence-electron chi connectivity index (χ4n) is 2.03. The first-order chi connectivity index (χ1) is 11.2. The Hall–Kier alpha value is -1.76. The van der Waals surface area contributed by atoms with Gasteiger partial charge in [0, 0.05) is 5.69 Å². The number of amides is 1. The minimum absolute atomic E-state index is 0.0766. The molecule has 0 aliphatic heterocycles. The molecule has 1 amide bonds. The van der Waals surface area contributed by atoms with Gasteiger partial charge in [0.2, 0.25) is 15.9 Å². The van der Waals surface area contributed by atoms with Gasteiger partial charge in [-0.25, -0.2) is 8.42 Å². The Bertz CT molecular complexity index is 852. The quantitative estimate of drug-likeness (QED) is 0.851. The molecule has 0 aliphatic rings. The van der Waals surface area contributed by atoms with E-state index in [2.05, 4.69) is 5.32 Å². The van der Waals surface area contributed by atoms with Crippen LogP contribution in [0.1, 0.15) is 5.56 Å². The van der Waals surface area contributed by atoms with Crippen LogP contribution in [0.2, 0.25) is 10.0 Å². The topological polar surface area (TPSA) is 66.5 Å². The second-order valence-corrected chi connectivity index (χ2v) is 7.95. The summed E-state index contributed by atoms with van der Waals surface area (Å²) in [6.45, 7) is 1.52. The maximum Gasteiger partial charge on any atom is 0.245 e. The summed E-state index contributed by atoms with van der Waals surface area (Å²) in [5, 5.41) is 2.94. The maximum absolute atomic E-state index is 12.2. The Kier molecular flexibility index (Phi) is 5.74. The van der Waals surface area contributed by atoms with E-state index in [4.69, 9.17) is 23.2 Å². The number of nitrogens with one attached hydrogen (secondary N) is 1. The smallest absolute Gasteiger partial charge is 0.245 e. The molecule has 2 rings (SSSR count). The van der Waals surface area contributed by atoms with Crippen LogP contribution in [-0.2, 0) is 14.8 Å². The molecule has 5 nitrogen and oxygen atoms in total. The normalized spacial score (nSPS) is 11.2. The van der Waals surface area contributed by atoms with Crippen LogP contribution in [0.5, 0.6) is 0 Å². The summed E-state index contributed by atoms with van der Waals surface area (Å²) < 4.78 is 25.1. The molecule has 24 heavy (non-hydrogen) atoms. The maximum atomic E-state index is 12.2. The zero-order chi connectivity index (χ0) is 17.9. The van der Waals surface area contributed by atoms with Crippen molar-refractivity contribution >= 4 is 50.5 Å². The monoisotopic (exact) mass is 386 g/mol. The fourth-order valence-corrected chi connectivity index (χ4v) is 3.34. The van der Waals surface area contributed by atoms with E-state index in [0.29, 0.717) is 5.69 Å². The van der Waals surface area contributed by atoms with Crippen molar-refractivity contribution < 1.29 is 13.2 Å². The summed E-state index contributed by atoms with van der Waals surface area (Å²) in [5.41, 5.74) is 1.79. The van der Waals surface area contributed by atoms with E-state index in [-0.39, 0.29) is 15.7 Å². The number of anilines is 2. The van der Waals surface area contributed by atoms with Crippen LogP contribution in [-0.4, -0.2) is 27.1 Å². The Balaban J connectivity index is 2.25. The minimum atomic E-state index is -3.72. The summed E-state index contributed by atoms with van der Waals surface area (Å²) in [6.07, 6.45) is 1.00. The van der Waals surface area contributed by atoms with Crippen LogP contribution in [0.25, 0.3) is 0 Å². The van der Waals surface area contributed by atoms with E-state index in [0.717, 1.165) is 16.1 Å². The molecule has 0 aromatic heterocycles. The minimum Gasteiger partial charge on any atom is -0.325 e. The van der Waals surface area contributed by atoms with Gasteiger partial charge in [0.25, 0.3) is 0 Å². The van der Waals surface area contributed by atoms with Crippen LogP contribution in [0.15, 0.2) is 42.5 Å². The molecule has 1 N–H and O–H groups in total. The molecule has 0 aliphatic carbocycles. The molecule has 2 aromatic carbocycles. The Morgan fingerprint density at radius 3 is 2.33 bits per heavy atom. The van der Waals surface area contributed by atoms with Gasteiger partial charge in [0.05, 0.1) is 22.0 Å². The van der Waals surface area contributed by atoms with Crippen molar-refractivity contribution in [3.05, 3.63) is 58.1 Å². The van der Waals surface area contributed by atoms with Crippen molar-refractivity contribution in [2.45, 2.75) is 6.92 Å². The number of halogens is 2. The summed E-state index contributed by atoms with van der Waals surface area (Å²) in [5.74, 6) is -0.486. The summed E-state index contributed by atoms with van der Waals surface area (Å²) in [4.78, 5) is 12.2. The number of nitrogens with zero attached hydrogens (tertiary/aromatic N) is 1. The van der Waals surface area contributed by atoms with Gasteiger partial charge < -0.3 is 5.32 Å². The summed E-state index contributed by atoms with van der Waals surface area (Å²) >= 11 is 12.0. The van der Waals surface area contributed by atoms with Gasteiger partial charge in [-0.1, -0.05) is 47.0 Å². The average molecular weight is 387 g/mol. The predicted octanol–water partition coefficient (Wildman–Crippen LogP) is 3.71. The van der Waals surface area contributed by atoms with Crippen molar-refractivity contribution in [2.24, 2.45) is 0 Å². The second-order valence-electron chi connectivity index (χ2n) is 5.26. The van der Waals surface area contributed by atoms with Crippen molar-refractivity contribution in [3.8, 4) is 0 Å². The molecular weight excluding hydrogens is 371 g/mol. The molecule has 0 unspecified atom stereocenters. The van der Waals surface area contributed by atoms with Gasteiger partial charge in [0.15, 0.2) is 0 Å². The number of aryl methyl sites for hydroxylation is 1. The second kappa shape index (κ2) is 7.42. The van der Waals surface area contributed by atoms with E-state index in [9.17, 15) is 13.2 Å². The molecule has 0 saturated carbocycles. The highest BCUT2D eigenvalue weighted by Gasteiger charge is 2.23. The number of carbonyl (C=O) groups excluding carboxylic acids is 1. The van der Waals surface area contributed by atoms with Crippen LogP contribution in [0.4, 0.5) is 11.4 Å². The first-order valence-corrected chi connectivity index (χ1v) is 9.57. The SMILES string of the molecule is Cc1ccc(NC(=O)CN(c2cccc(Cl)c2Cl)S(C)(=O)=O)cc1. The molecule has 0 atom stereocenters. The molecule has 0 radical (unpaired) electrons. The van der Waals surface area contributed by atoms with E-state index in [1.54, 1.807) is 24.3 Å². The third-order valence-electron chi connectivity index (χ3n) is 3.22. The number of hydrogen-bond donors (Lipinski definition) is 1. The van der Waals surface area contributed by atoms with Crippen molar-refractivity contribution in [1.29, 1.82) is 0 Å². The molecule has 0 spiro atoms. The molecular formula is C16H16Cl2N2O3S. The lowest BCUT2D eigenvalue weighted by atomic mass is 10.2. The fraction of sp³-hybridized carbons (Fsp3) is 0.188. The van der Waals surface area contributed by atoms with Crippen LogP contribution >= 0.6 is 23.2 Å². The lowest BCUT2D eigenvalue weighted by Gasteiger charge is -2.23. The lowest BCUT2D eigenvalue weighted by molar-refractivity contribution is -0.114. The number of hydrogen-bond acceptors (Lipinski definition) is 3. The molecule has 0 bridgehead atoms. The van der Waals surface area contributed by atoms with E-state index in [1.807, 2.05) is 19.1 Å². The zero-order valence-corrected chi connectivity index (χ0v) is 15.4. The molecule has 8 heteroatoms. The van der Waals surface area contributed by atoms with E-state index < -0.39 is 22.5 Å². The Labute approximate surface area is 151 Å². The van der Waals surface area contributed by atoms with Crippen LogP contribution in [0.3, 0.4) is 0 Å². The summed E-state index contributed by atoms with van der Waals surface area (Å²) in [7, 11) is -3.72. The zero-order valence-electron chi connectivity index (χ0n) is 13.1. The van der Waals surface area contributed by atoms with Gasteiger partial charge in [-0.2, -0.15) is 0 Å². The number of carbonyl (C=O) groups is 1. The van der Waals surface area contributed by atoms with Crippen LogP contribution in [0, 0.1) is 6.92 Å². The van der Waals surface area contributed by atoms with E-state index in [1.165, 1.54) is 6.07 Å². The van der Waals surface area contributed by atoms with Gasteiger partial charge >= 0.3 is 0 Å². The third kappa shape index (κ3) is 4.63. The van der Waals surface area contributed by atoms with Gasteiger partial charge in [-0.05, 0) is 31.2 Å². The highest BCUT2D eigenvalue weighted by atomic mass is 35.5. The van der Waals surface area contributed by atoms with Gasteiger partial charge in [0.1, 0.15) is 6.54 Å². The van der Waals surface area contributed by atoms with E-state index >= 15 is 0 Å². The number of benzene rings is 2. The largest absolute Gasteiger partial charge is 0.325 e. The first-order valence-electron chi connectivity index (χ1n) is 6.97. The van der Waals surface area contributed by atoms with Crippen molar-refractivity contribution in [2.75, 3.05) is 22.4 Å². The van der Waals surface area contributed by atoms with Crippen molar-refractivity contribution in [3.63, 3.8) is 0 Å². The van der Waals surface area contributed by atoms with Gasteiger partial charge in [-0.15, -0.1) is 0 Å². The predicted molar refractivity (Wildman–Crippen MR) is 98.5 cm³/mol. The van der Waals surface area contributed by atoms with Crippen LogP contribution < -0.4 is 9.62 Å². The number of sulfonamides is 1. The Morgan fingerprint density at radius 1 is 1.12 bits per heavy atom. The first kappa shape index (κ1) is 18.6. The standard InChI is InChI=1S/C16H16Cl2N2O3S/c1-11-6-8-12(9-7-11)19-15(21)10-20(24(2,22)23)14-5-3-4-13(17)16(14)18/h3-9H,10H2,1-2H3,(H,19,21). The highest BCUT2D eigenvalue weighted by Crippen LogP contribution is 2.33. The lowest BCUT2D eigenvalue weighted by Crippen LogP contribution is -2.37. The molecule has 128 valence electrons. The number of rotatable bonds is 5. The highest BCUT2D eigenvalue weighted by molar-refractivity contribution is 7.92. The van der Waals surface area contributed by atoms with Gasteiger partial charge in [-0.3, -0.25) is 9.10 Å².